The zero-order chi connectivity index (χ0) is 11.2. The fourth-order valence-electron chi connectivity index (χ4n) is 1.15. The van der Waals surface area contributed by atoms with Crippen molar-refractivity contribution in [3.63, 3.8) is 0 Å². The maximum atomic E-state index is 11.8. The minimum Gasteiger partial charge on any atom is -0.307 e. The van der Waals surface area contributed by atoms with Gasteiger partial charge in [-0.3, -0.25) is 0 Å². The summed E-state index contributed by atoms with van der Waals surface area (Å²) >= 11 is 0. The molecule has 2 nitrogen and oxygen atoms in total. The lowest BCUT2D eigenvalue weighted by Crippen LogP contribution is -2.41. The Hall–Kier alpha value is -0.290. The van der Waals surface area contributed by atoms with Gasteiger partial charge in [0.2, 0.25) is 0 Å². The van der Waals surface area contributed by atoms with Gasteiger partial charge < -0.3 is 10.2 Å². The zero-order valence-corrected chi connectivity index (χ0v) is 8.99. The summed E-state index contributed by atoms with van der Waals surface area (Å²) < 4.78 is 35.3. The van der Waals surface area contributed by atoms with Crippen LogP contribution in [-0.2, 0) is 0 Å². The molecule has 0 aromatic heterocycles. The molecule has 0 spiro atoms. The fraction of sp³-hybridized carbons (Fsp3) is 1.00. The van der Waals surface area contributed by atoms with Crippen LogP contribution in [0, 0.1) is 0 Å². The predicted molar refractivity (Wildman–Crippen MR) is 51.3 cm³/mol. The van der Waals surface area contributed by atoms with Crippen molar-refractivity contribution < 1.29 is 13.2 Å². The van der Waals surface area contributed by atoms with E-state index in [4.69, 9.17) is 0 Å². The van der Waals surface area contributed by atoms with E-state index in [-0.39, 0.29) is 6.04 Å². The van der Waals surface area contributed by atoms with Gasteiger partial charge in [-0.05, 0) is 26.9 Å². The summed E-state index contributed by atoms with van der Waals surface area (Å²) in [4.78, 5) is 2.05. The van der Waals surface area contributed by atoms with Gasteiger partial charge in [0.05, 0.1) is 6.54 Å². The van der Waals surface area contributed by atoms with Gasteiger partial charge in [-0.15, -0.1) is 0 Å². The second-order valence-corrected chi connectivity index (χ2v) is 3.58. The second kappa shape index (κ2) is 6.24. The van der Waals surface area contributed by atoms with E-state index < -0.39 is 12.7 Å². The highest BCUT2D eigenvalue weighted by molar-refractivity contribution is 4.67. The molecule has 0 aromatic carbocycles. The Balaban J connectivity index is 3.58. The van der Waals surface area contributed by atoms with E-state index in [9.17, 15) is 13.2 Å². The Morgan fingerprint density at radius 3 is 2.36 bits per heavy atom. The van der Waals surface area contributed by atoms with Crippen LogP contribution in [0.5, 0.6) is 0 Å². The first-order valence-electron chi connectivity index (χ1n) is 4.84. The summed E-state index contributed by atoms with van der Waals surface area (Å²) in [6.45, 7) is 4.34. The monoisotopic (exact) mass is 212 g/mol. The lowest BCUT2D eigenvalue weighted by atomic mass is 10.3. The zero-order valence-electron chi connectivity index (χ0n) is 8.99. The van der Waals surface area contributed by atoms with Crippen molar-refractivity contribution in [3.8, 4) is 0 Å². The molecular weight excluding hydrogens is 193 g/mol. The molecule has 0 saturated carbocycles. The molecule has 0 aliphatic carbocycles. The number of hydrogen-bond donors (Lipinski definition) is 1. The summed E-state index contributed by atoms with van der Waals surface area (Å²) in [5, 5.41) is 2.40. The van der Waals surface area contributed by atoms with E-state index in [2.05, 4.69) is 5.32 Å². The first-order chi connectivity index (χ1) is 6.37. The van der Waals surface area contributed by atoms with Crippen LogP contribution in [0.2, 0.25) is 0 Å². The highest BCUT2D eigenvalue weighted by atomic mass is 19.4. The molecule has 86 valence electrons. The molecule has 0 radical (unpaired) electrons. The summed E-state index contributed by atoms with van der Waals surface area (Å²) in [5.74, 6) is 0. The molecule has 5 heteroatoms. The van der Waals surface area contributed by atoms with Crippen LogP contribution in [0.4, 0.5) is 13.2 Å². The van der Waals surface area contributed by atoms with Crippen molar-refractivity contribution in [2.24, 2.45) is 0 Å². The average molecular weight is 212 g/mol. The molecule has 0 aliphatic heterocycles. The first-order valence-corrected chi connectivity index (χ1v) is 4.84. The Kier molecular flexibility index (Phi) is 6.11. The van der Waals surface area contributed by atoms with Crippen molar-refractivity contribution >= 4 is 0 Å². The number of alkyl halides is 3. The summed E-state index contributed by atoms with van der Waals surface area (Å²) in [5.41, 5.74) is 0. The Morgan fingerprint density at radius 2 is 1.93 bits per heavy atom. The molecule has 0 aliphatic rings. The van der Waals surface area contributed by atoms with Gasteiger partial charge in [-0.1, -0.05) is 6.92 Å². The minimum atomic E-state index is -4.11. The minimum absolute atomic E-state index is 0.136. The quantitative estimate of drug-likeness (QED) is 0.723. The van der Waals surface area contributed by atoms with Crippen LogP contribution >= 0.6 is 0 Å². The van der Waals surface area contributed by atoms with E-state index in [0.29, 0.717) is 6.54 Å². The fourth-order valence-corrected chi connectivity index (χ4v) is 1.15. The highest BCUT2D eigenvalue weighted by Gasteiger charge is 2.26. The van der Waals surface area contributed by atoms with Crippen molar-refractivity contribution in [2.75, 3.05) is 26.7 Å². The van der Waals surface area contributed by atoms with Crippen molar-refractivity contribution in [3.05, 3.63) is 0 Å². The van der Waals surface area contributed by atoms with Crippen molar-refractivity contribution in [1.82, 2.24) is 10.2 Å². The average Bonchev–Trinajstić information content (AvgIpc) is 2.02. The van der Waals surface area contributed by atoms with Crippen LogP contribution in [0.25, 0.3) is 0 Å². The second-order valence-electron chi connectivity index (χ2n) is 3.58. The van der Waals surface area contributed by atoms with Gasteiger partial charge in [-0.2, -0.15) is 13.2 Å². The van der Waals surface area contributed by atoms with Crippen LogP contribution < -0.4 is 5.32 Å². The van der Waals surface area contributed by atoms with Crippen LogP contribution in [0.15, 0.2) is 0 Å². The normalized spacial score (nSPS) is 14.8. The molecule has 0 bridgehead atoms. The lowest BCUT2D eigenvalue weighted by Gasteiger charge is -2.24. The molecule has 1 N–H and O–H groups in total. The molecular formula is C9H19F3N2. The smallest absolute Gasteiger partial charge is 0.307 e. The van der Waals surface area contributed by atoms with E-state index in [1.165, 1.54) is 0 Å². The number of rotatable bonds is 6. The topological polar surface area (TPSA) is 15.3 Å². The highest BCUT2D eigenvalue weighted by Crippen LogP contribution is 2.12. The third-order valence-electron chi connectivity index (χ3n) is 2.09. The Bertz CT molecular complexity index is 147. The maximum absolute atomic E-state index is 11.8. The van der Waals surface area contributed by atoms with Gasteiger partial charge in [0.15, 0.2) is 0 Å². The van der Waals surface area contributed by atoms with E-state index in [1.54, 1.807) is 0 Å². The SMILES string of the molecule is CCCN(C)C(C)CNCC(F)(F)F. The number of halogens is 3. The maximum Gasteiger partial charge on any atom is 0.401 e. The molecule has 0 rings (SSSR count). The van der Waals surface area contributed by atoms with Crippen molar-refractivity contribution in [1.29, 1.82) is 0 Å². The van der Waals surface area contributed by atoms with Gasteiger partial charge >= 0.3 is 6.18 Å². The van der Waals surface area contributed by atoms with E-state index in [1.807, 2.05) is 25.8 Å². The largest absolute Gasteiger partial charge is 0.401 e. The lowest BCUT2D eigenvalue weighted by molar-refractivity contribution is -0.125. The molecule has 1 atom stereocenters. The third-order valence-corrected chi connectivity index (χ3v) is 2.09. The van der Waals surface area contributed by atoms with Crippen molar-refractivity contribution in [2.45, 2.75) is 32.5 Å². The number of likely N-dealkylation sites (N-methyl/N-ethyl adjacent to an activating group) is 1. The molecule has 0 saturated heterocycles. The van der Waals surface area contributed by atoms with Crippen LogP contribution in [-0.4, -0.2) is 43.8 Å². The summed E-state index contributed by atoms with van der Waals surface area (Å²) in [7, 11) is 1.92. The van der Waals surface area contributed by atoms with Crippen LogP contribution in [0.1, 0.15) is 20.3 Å². The molecule has 0 heterocycles. The van der Waals surface area contributed by atoms with Crippen LogP contribution in [0.3, 0.4) is 0 Å². The van der Waals surface area contributed by atoms with Gasteiger partial charge in [0.1, 0.15) is 0 Å². The molecule has 0 fully saturated rings. The van der Waals surface area contributed by atoms with Gasteiger partial charge in [-0.25, -0.2) is 0 Å². The van der Waals surface area contributed by atoms with E-state index >= 15 is 0 Å². The summed E-state index contributed by atoms with van der Waals surface area (Å²) in [6, 6.07) is 0.136. The standard InChI is InChI=1S/C9H19F3N2/c1-4-5-14(3)8(2)6-13-7-9(10,11)12/h8,13H,4-7H2,1-3H3. The predicted octanol–water partition coefficient (Wildman–Crippen LogP) is 1.87. The first kappa shape index (κ1) is 13.7. The third kappa shape index (κ3) is 7.15. The number of nitrogens with zero attached hydrogens (tertiary/aromatic N) is 1. The molecule has 14 heavy (non-hydrogen) atoms. The number of hydrogen-bond acceptors (Lipinski definition) is 2. The number of nitrogens with one attached hydrogen (secondary N) is 1. The van der Waals surface area contributed by atoms with E-state index in [0.717, 1.165) is 13.0 Å². The van der Waals surface area contributed by atoms with Gasteiger partial charge in [0, 0.05) is 12.6 Å². The molecule has 1 unspecified atom stereocenters. The summed E-state index contributed by atoms with van der Waals surface area (Å²) in [6.07, 6.45) is -3.09. The van der Waals surface area contributed by atoms with Gasteiger partial charge in [0.25, 0.3) is 0 Å². The molecule has 0 amide bonds. The Morgan fingerprint density at radius 1 is 1.36 bits per heavy atom. The Labute approximate surface area is 83.5 Å². The molecule has 0 aromatic rings.